The molecule has 0 bridgehead atoms. The molecular formula is C27H29N5O2. The highest BCUT2D eigenvalue weighted by Crippen LogP contribution is 2.30. The minimum atomic E-state index is 0.202. The third-order valence-corrected chi connectivity index (χ3v) is 6.57. The summed E-state index contributed by atoms with van der Waals surface area (Å²) in [6.45, 7) is 4.34. The molecule has 2 N–H and O–H groups in total. The Morgan fingerprint density at radius 3 is 2.59 bits per heavy atom. The molecule has 0 spiro atoms. The van der Waals surface area contributed by atoms with E-state index in [0.717, 1.165) is 55.1 Å². The number of rotatable bonds is 6. The van der Waals surface area contributed by atoms with Crippen molar-refractivity contribution in [2.75, 3.05) is 25.0 Å². The number of amides is 1. The number of anilines is 1. The molecule has 0 aliphatic carbocycles. The van der Waals surface area contributed by atoms with Crippen molar-refractivity contribution >= 4 is 17.4 Å². The largest absolute Gasteiger partial charge is 0.507 e. The SMILES string of the molecule is Cc1cnn2c(NCC3CCN(C(=O)Cc4ccccc4)CC3)cc(-c3ccccc3O)nc12. The lowest BCUT2D eigenvalue weighted by molar-refractivity contribution is -0.131. The summed E-state index contributed by atoms with van der Waals surface area (Å²) in [4.78, 5) is 19.4. The van der Waals surface area contributed by atoms with Gasteiger partial charge in [-0.25, -0.2) is 4.98 Å². The molecule has 174 valence electrons. The lowest BCUT2D eigenvalue weighted by Gasteiger charge is -2.32. The predicted octanol–water partition coefficient (Wildman–Crippen LogP) is 4.30. The Hall–Kier alpha value is -3.87. The lowest BCUT2D eigenvalue weighted by Crippen LogP contribution is -2.40. The number of carbonyl (C=O) groups excluding carboxylic acids is 1. The molecule has 2 aromatic heterocycles. The third-order valence-electron chi connectivity index (χ3n) is 6.57. The number of aryl methyl sites for hydroxylation is 1. The van der Waals surface area contributed by atoms with Crippen molar-refractivity contribution in [2.45, 2.75) is 26.2 Å². The quantitative estimate of drug-likeness (QED) is 0.453. The molecule has 0 atom stereocenters. The maximum Gasteiger partial charge on any atom is 0.226 e. The molecule has 3 heterocycles. The highest BCUT2D eigenvalue weighted by molar-refractivity contribution is 5.78. The van der Waals surface area contributed by atoms with Crippen LogP contribution in [-0.2, 0) is 11.2 Å². The maximum atomic E-state index is 12.7. The van der Waals surface area contributed by atoms with Gasteiger partial charge in [0, 0.05) is 36.8 Å². The summed E-state index contributed by atoms with van der Waals surface area (Å²) in [6, 6.07) is 19.1. The van der Waals surface area contributed by atoms with Gasteiger partial charge in [-0.2, -0.15) is 9.61 Å². The number of phenolic OH excluding ortho intramolecular Hbond substituents is 1. The molecule has 1 saturated heterocycles. The van der Waals surface area contributed by atoms with Crippen molar-refractivity contribution in [1.82, 2.24) is 19.5 Å². The first-order chi connectivity index (χ1) is 16.6. The normalized spacial score (nSPS) is 14.4. The van der Waals surface area contributed by atoms with Gasteiger partial charge in [0.1, 0.15) is 11.6 Å². The van der Waals surface area contributed by atoms with Crippen molar-refractivity contribution < 1.29 is 9.90 Å². The molecular weight excluding hydrogens is 426 g/mol. The molecule has 0 radical (unpaired) electrons. The second-order valence-corrected chi connectivity index (χ2v) is 8.97. The van der Waals surface area contributed by atoms with E-state index in [4.69, 9.17) is 4.98 Å². The zero-order chi connectivity index (χ0) is 23.5. The number of para-hydroxylation sites is 1. The van der Waals surface area contributed by atoms with Crippen LogP contribution in [0.5, 0.6) is 5.75 Å². The van der Waals surface area contributed by atoms with Gasteiger partial charge in [-0.05, 0) is 43.4 Å². The topological polar surface area (TPSA) is 82.8 Å². The molecule has 1 aliphatic rings. The molecule has 0 saturated carbocycles. The standard InChI is InChI=1S/C27H29N5O2/c1-19-17-29-32-25(16-23(30-27(19)32)22-9-5-6-10-24(22)33)28-18-21-11-13-31(14-12-21)26(34)15-20-7-3-2-4-8-20/h2-10,16-17,21,28,33H,11-15,18H2,1H3. The maximum absolute atomic E-state index is 12.7. The van der Waals surface area contributed by atoms with Crippen molar-refractivity contribution in [3.8, 4) is 17.0 Å². The fraction of sp³-hybridized carbons (Fsp3) is 0.296. The number of likely N-dealkylation sites (tertiary alicyclic amines) is 1. The van der Waals surface area contributed by atoms with Crippen LogP contribution in [0.25, 0.3) is 16.9 Å². The second kappa shape index (κ2) is 9.55. The highest BCUT2D eigenvalue weighted by Gasteiger charge is 2.23. The van der Waals surface area contributed by atoms with E-state index in [1.807, 2.05) is 64.9 Å². The number of piperidine rings is 1. The number of aromatic hydroxyl groups is 1. The molecule has 2 aromatic carbocycles. The first kappa shape index (κ1) is 21.9. The molecule has 1 amide bonds. The van der Waals surface area contributed by atoms with Gasteiger partial charge in [-0.15, -0.1) is 0 Å². The third kappa shape index (κ3) is 4.59. The van der Waals surface area contributed by atoms with Crippen LogP contribution in [0.3, 0.4) is 0 Å². The number of nitrogens with zero attached hydrogens (tertiary/aromatic N) is 4. The van der Waals surface area contributed by atoms with Gasteiger partial charge in [0.2, 0.25) is 5.91 Å². The smallest absolute Gasteiger partial charge is 0.226 e. The zero-order valence-electron chi connectivity index (χ0n) is 19.3. The monoisotopic (exact) mass is 455 g/mol. The molecule has 4 aromatic rings. The molecule has 7 nitrogen and oxygen atoms in total. The number of aromatic nitrogens is 3. The molecule has 5 rings (SSSR count). The number of fused-ring (bicyclic) bond motifs is 1. The number of benzene rings is 2. The van der Waals surface area contributed by atoms with E-state index < -0.39 is 0 Å². The number of carbonyl (C=O) groups is 1. The number of hydrogen-bond acceptors (Lipinski definition) is 5. The van der Waals surface area contributed by atoms with Crippen LogP contribution in [-0.4, -0.2) is 50.1 Å². The van der Waals surface area contributed by atoms with E-state index in [2.05, 4.69) is 10.4 Å². The number of nitrogens with one attached hydrogen (secondary N) is 1. The van der Waals surface area contributed by atoms with Crippen LogP contribution in [0.1, 0.15) is 24.0 Å². The second-order valence-electron chi connectivity index (χ2n) is 8.97. The molecule has 1 aliphatic heterocycles. The number of hydrogen-bond donors (Lipinski definition) is 2. The van der Waals surface area contributed by atoms with Gasteiger partial charge in [-0.3, -0.25) is 4.79 Å². The summed E-state index contributed by atoms with van der Waals surface area (Å²) in [7, 11) is 0. The molecule has 1 fully saturated rings. The average Bonchev–Trinajstić information content (AvgIpc) is 3.24. The Bertz CT molecular complexity index is 1290. The fourth-order valence-corrected chi connectivity index (χ4v) is 4.54. The number of phenols is 1. The Morgan fingerprint density at radius 2 is 1.82 bits per heavy atom. The Morgan fingerprint density at radius 1 is 1.09 bits per heavy atom. The average molecular weight is 456 g/mol. The van der Waals surface area contributed by atoms with Crippen LogP contribution < -0.4 is 5.32 Å². The minimum absolute atomic E-state index is 0.202. The van der Waals surface area contributed by atoms with E-state index in [-0.39, 0.29) is 11.7 Å². The zero-order valence-corrected chi connectivity index (χ0v) is 19.3. The summed E-state index contributed by atoms with van der Waals surface area (Å²) < 4.78 is 1.82. The molecule has 34 heavy (non-hydrogen) atoms. The Labute approximate surface area is 199 Å². The van der Waals surface area contributed by atoms with Gasteiger partial charge in [0.15, 0.2) is 5.65 Å². The van der Waals surface area contributed by atoms with Crippen LogP contribution >= 0.6 is 0 Å². The van der Waals surface area contributed by atoms with E-state index in [1.165, 1.54) is 0 Å². The van der Waals surface area contributed by atoms with E-state index in [0.29, 0.717) is 23.6 Å². The minimum Gasteiger partial charge on any atom is -0.507 e. The van der Waals surface area contributed by atoms with Crippen molar-refractivity contribution in [1.29, 1.82) is 0 Å². The van der Waals surface area contributed by atoms with Crippen LogP contribution in [0.2, 0.25) is 0 Å². The van der Waals surface area contributed by atoms with Crippen LogP contribution in [0, 0.1) is 12.8 Å². The molecule has 7 heteroatoms. The van der Waals surface area contributed by atoms with Crippen molar-refractivity contribution in [3.05, 3.63) is 78.0 Å². The van der Waals surface area contributed by atoms with Crippen molar-refractivity contribution in [2.24, 2.45) is 5.92 Å². The summed E-state index contributed by atoms with van der Waals surface area (Å²) >= 11 is 0. The first-order valence-electron chi connectivity index (χ1n) is 11.8. The summed E-state index contributed by atoms with van der Waals surface area (Å²) in [5.74, 6) is 1.72. The van der Waals surface area contributed by atoms with E-state index in [9.17, 15) is 9.90 Å². The predicted molar refractivity (Wildman–Crippen MR) is 133 cm³/mol. The molecule has 0 unspecified atom stereocenters. The summed E-state index contributed by atoms with van der Waals surface area (Å²) in [6.07, 6.45) is 4.20. The van der Waals surface area contributed by atoms with Gasteiger partial charge >= 0.3 is 0 Å². The van der Waals surface area contributed by atoms with Crippen molar-refractivity contribution in [3.63, 3.8) is 0 Å². The van der Waals surface area contributed by atoms with Crippen LogP contribution in [0.15, 0.2) is 66.9 Å². The fourth-order valence-electron chi connectivity index (χ4n) is 4.54. The van der Waals surface area contributed by atoms with E-state index in [1.54, 1.807) is 18.3 Å². The Balaban J connectivity index is 1.25. The summed E-state index contributed by atoms with van der Waals surface area (Å²) in [5, 5.41) is 18.4. The first-order valence-corrected chi connectivity index (χ1v) is 11.8. The summed E-state index contributed by atoms with van der Waals surface area (Å²) in [5.41, 5.74) is 4.21. The lowest BCUT2D eigenvalue weighted by atomic mass is 9.96. The highest BCUT2D eigenvalue weighted by atomic mass is 16.3. The van der Waals surface area contributed by atoms with Gasteiger partial charge in [0.05, 0.1) is 18.3 Å². The van der Waals surface area contributed by atoms with Gasteiger partial charge in [-0.1, -0.05) is 42.5 Å². The van der Waals surface area contributed by atoms with Crippen LogP contribution in [0.4, 0.5) is 5.82 Å². The van der Waals surface area contributed by atoms with E-state index >= 15 is 0 Å². The Kier molecular flexibility index (Phi) is 6.16. The van der Waals surface area contributed by atoms with Gasteiger partial charge in [0.25, 0.3) is 0 Å². The van der Waals surface area contributed by atoms with Gasteiger partial charge < -0.3 is 15.3 Å².